The first-order chi connectivity index (χ1) is 20.1. The summed E-state index contributed by atoms with van der Waals surface area (Å²) in [6.07, 6.45) is 10.1. The quantitative estimate of drug-likeness (QED) is 0.247. The fraction of sp³-hybridized carbons (Fsp3) is 0.258. The summed E-state index contributed by atoms with van der Waals surface area (Å²) in [6, 6.07) is 16.0. The van der Waals surface area contributed by atoms with Gasteiger partial charge in [0.2, 0.25) is 11.9 Å². The molecular formula is C31H29FN8O. The first-order valence-electron chi connectivity index (χ1n) is 13.9. The molecule has 1 aliphatic heterocycles. The van der Waals surface area contributed by atoms with Crippen LogP contribution in [0.5, 0.6) is 0 Å². The smallest absolute Gasteiger partial charge is 0.245 e. The van der Waals surface area contributed by atoms with E-state index in [4.69, 9.17) is 9.97 Å². The van der Waals surface area contributed by atoms with Gasteiger partial charge >= 0.3 is 0 Å². The molecule has 0 spiro atoms. The molecular weight excluding hydrogens is 519 g/mol. The van der Waals surface area contributed by atoms with Gasteiger partial charge in [-0.15, -0.1) is 0 Å². The number of benzene rings is 1. The molecule has 9 nitrogen and oxygen atoms in total. The standard InChI is InChI=1S/C31H29FN8O/c1-2-28(41)38-17-12-21(13-18-38)35-25-9-6-20-19-22(7-8-23(20)25)40-30(24-5-3-14-33-29(24)32)36-26-10-11-27(37-31(26)40)39-16-4-15-34-39/h2-5,7-8,10-11,14-16,19,21,25,35H,1,6,9,12-13,17-18H2/t25-/m0/s1. The van der Waals surface area contributed by atoms with Crippen LogP contribution in [0.25, 0.3) is 34.1 Å². The van der Waals surface area contributed by atoms with E-state index in [9.17, 15) is 9.18 Å². The predicted octanol–water partition coefficient (Wildman–Crippen LogP) is 4.56. The monoisotopic (exact) mass is 548 g/mol. The Kier molecular flexibility index (Phi) is 6.39. The molecule has 7 rings (SSSR count). The van der Waals surface area contributed by atoms with E-state index in [1.165, 1.54) is 23.4 Å². The lowest BCUT2D eigenvalue weighted by molar-refractivity contribution is -0.127. The van der Waals surface area contributed by atoms with Crippen molar-refractivity contribution < 1.29 is 9.18 Å². The largest absolute Gasteiger partial charge is 0.339 e. The van der Waals surface area contributed by atoms with Gasteiger partial charge in [0.1, 0.15) is 5.52 Å². The SMILES string of the molecule is C=CC(=O)N1CCC(N[C@H]2CCc3cc(-n4c(-c5cccnc5F)nc5ccc(-n6cccn6)nc54)ccc32)CC1. The molecule has 1 saturated heterocycles. The van der Waals surface area contributed by atoms with Crippen LogP contribution in [0.3, 0.4) is 0 Å². The van der Waals surface area contributed by atoms with Crippen molar-refractivity contribution >= 4 is 17.1 Å². The van der Waals surface area contributed by atoms with Gasteiger partial charge < -0.3 is 10.2 Å². The lowest BCUT2D eigenvalue weighted by Gasteiger charge is -2.33. The van der Waals surface area contributed by atoms with E-state index in [1.807, 2.05) is 33.9 Å². The molecule has 10 heteroatoms. The van der Waals surface area contributed by atoms with E-state index in [0.29, 0.717) is 34.4 Å². The zero-order valence-corrected chi connectivity index (χ0v) is 22.4. The zero-order chi connectivity index (χ0) is 27.9. The van der Waals surface area contributed by atoms with Gasteiger partial charge in [0, 0.05) is 49.5 Å². The number of pyridine rings is 2. The lowest BCUT2D eigenvalue weighted by Crippen LogP contribution is -2.45. The van der Waals surface area contributed by atoms with Gasteiger partial charge in [-0.25, -0.2) is 19.6 Å². The highest BCUT2D eigenvalue weighted by atomic mass is 19.1. The number of carbonyl (C=O) groups excluding carboxylic acids is 1. The summed E-state index contributed by atoms with van der Waals surface area (Å²) >= 11 is 0. The number of aromatic nitrogens is 6. The summed E-state index contributed by atoms with van der Waals surface area (Å²) in [7, 11) is 0. The molecule has 0 unspecified atom stereocenters. The molecule has 0 saturated carbocycles. The summed E-state index contributed by atoms with van der Waals surface area (Å²) in [5.41, 5.74) is 4.98. The minimum Gasteiger partial charge on any atom is -0.339 e. The van der Waals surface area contributed by atoms with Gasteiger partial charge in [0.05, 0.1) is 5.56 Å². The summed E-state index contributed by atoms with van der Waals surface area (Å²) in [5, 5.41) is 8.16. The van der Waals surface area contributed by atoms with Gasteiger partial charge in [-0.05, 0) is 85.4 Å². The van der Waals surface area contributed by atoms with Crippen LogP contribution in [0.4, 0.5) is 4.39 Å². The number of fused-ring (bicyclic) bond motifs is 2. The molecule has 5 aromatic rings. The first-order valence-corrected chi connectivity index (χ1v) is 13.9. The van der Waals surface area contributed by atoms with E-state index in [2.05, 4.69) is 40.2 Å². The number of piperidine rings is 1. The maximum atomic E-state index is 15.0. The van der Waals surface area contributed by atoms with Crippen LogP contribution in [-0.4, -0.2) is 59.2 Å². The van der Waals surface area contributed by atoms with E-state index in [1.54, 1.807) is 23.0 Å². The Morgan fingerprint density at radius 2 is 1.93 bits per heavy atom. The third-order valence-electron chi connectivity index (χ3n) is 8.11. The van der Waals surface area contributed by atoms with Crippen molar-refractivity contribution in [2.75, 3.05) is 13.1 Å². The second kappa shape index (κ2) is 10.4. The minimum atomic E-state index is -0.581. The number of halogens is 1. The summed E-state index contributed by atoms with van der Waals surface area (Å²) in [6.45, 7) is 5.10. The Hall–Kier alpha value is -4.70. The minimum absolute atomic E-state index is 0.00554. The number of imidazole rings is 1. The molecule has 41 heavy (non-hydrogen) atoms. The van der Waals surface area contributed by atoms with Gasteiger partial charge in [-0.2, -0.15) is 9.49 Å². The van der Waals surface area contributed by atoms with Crippen LogP contribution in [-0.2, 0) is 11.2 Å². The normalized spacial score (nSPS) is 17.2. The highest BCUT2D eigenvalue weighted by Crippen LogP contribution is 2.36. The summed E-state index contributed by atoms with van der Waals surface area (Å²) in [4.78, 5) is 27.4. The Labute approximate surface area is 236 Å². The maximum absolute atomic E-state index is 15.0. The number of nitrogens with one attached hydrogen (secondary N) is 1. The number of likely N-dealkylation sites (tertiary alicyclic amines) is 1. The number of carbonyl (C=O) groups is 1. The molecule has 4 aromatic heterocycles. The van der Waals surface area contributed by atoms with Crippen molar-refractivity contribution in [1.29, 1.82) is 0 Å². The Bertz CT molecular complexity index is 1750. The van der Waals surface area contributed by atoms with Crippen LogP contribution in [0, 0.1) is 5.95 Å². The van der Waals surface area contributed by atoms with Gasteiger partial charge in [0.25, 0.3) is 0 Å². The van der Waals surface area contributed by atoms with Crippen LogP contribution < -0.4 is 5.32 Å². The topological polar surface area (TPSA) is 93.8 Å². The number of amides is 1. The number of hydrogen-bond acceptors (Lipinski definition) is 6. The lowest BCUT2D eigenvalue weighted by atomic mass is 10.0. The average molecular weight is 549 g/mol. The summed E-state index contributed by atoms with van der Waals surface area (Å²) < 4.78 is 18.6. The van der Waals surface area contributed by atoms with Crippen molar-refractivity contribution in [2.24, 2.45) is 0 Å². The summed E-state index contributed by atoms with van der Waals surface area (Å²) in [5.74, 6) is 0.519. The number of aryl methyl sites for hydroxylation is 1. The van der Waals surface area contributed by atoms with E-state index < -0.39 is 5.95 Å². The molecule has 1 aromatic carbocycles. The first kappa shape index (κ1) is 25.3. The molecule has 2 aliphatic rings. The number of nitrogens with zero attached hydrogens (tertiary/aromatic N) is 7. The number of hydrogen-bond donors (Lipinski definition) is 1. The molecule has 206 valence electrons. The Morgan fingerprint density at radius 3 is 2.71 bits per heavy atom. The fourth-order valence-electron chi connectivity index (χ4n) is 6.05. The van der Waals surface area contributed by atoms with Crippen molar-refractivity contribution in [3.8, 4) is 22.9 Å². The number of rotatable bonds is 6. The van der Waals surface area contributed by atoms with Crippen LogP contribution in [0.1, 0.15) is 36.4 Å². The third kappa shape index (κ3) is 4.59. The Balaban J connectivity index is 1.24. The second-order valence-corrected chi connectivity index (χ2v) is 10.5. The molecule has 1 N–H and O–H groups in total. The fourth-order valence-corrected chi connectivity index (χ4v) is 6.05. The van der Waals surface area contributed by atoms with Crippen molar-refractivity contribution in [3.05, 3.63) is 96.9 Å². The molecule has 1 amide bonds. The maximum Gasteiger partial charge on any atom is 0.245 e. The highest BCUT2D eigenvalue weighted by molar-refractivity contribution is 5.87. The molecule has 0 radical (unpaired) electrons. The van der Waals surface area contributed by atoms with E-state index in [0.717, 1.165) is 44.5 Å². The van der Waals surface area contributed by atoms with Gasteiger partial charge in [-0.3, -0.25) is 9.36 Å². The molecule has 1 aliphatic carbocycles. The average Bonchev–Trinajstić information content (AvgIpc) is 3.76. The van der Waals surface area contributed by atoms with E-state index >= 15 is 0 Å². The zero-order valence-electron chi connectivity index (χ0n) is 22.4. The van der Waals surface area contributed by atoms with Crippen molar-refractivity contribution in [3.63, 3.8) is 0 Å². The van der Waals surface area contributed by atoms with Gasteiger partial charge in [-0.1, -0.05) is 12.6 Å². The van der Waals surface area contributed by atoms with Crippen molar-refractivity contribution in [2.45, 2.75) is 37.8 Å². The van der Waals surface area contributed by atoms with Crippen LogP contribution >= 0.6 is 0 Å². The van der Waals surface area contributed by atoms with Crippen LogP contribution in [0.15, 0.2) is 79.8 Å². The third-order valence-corrected chi connectivity index (χ3v) is 8.11. The molecule has 1 fully saturated rings. The Morgan fingerprint density at radius 1 is 1.05 bits per heavy atom. The van der Waals surface area contributed by atoms with E-state index in [-0.39, 0.29) is 11.9 Å². The molecule has 1 atom stereocenters. The molecule has 5 heterocycles. The van der Waals surface area contributed by atoms with Crippen LogP contribution in [0.2, 0.25) is 0 Å². The second-order valence-electron chi connectivity index (χ2n) is 10.5. The molecule has 0 bridgehead atoms. The van der Waals surface area contributed by atoms with Gasteiger partial charge in [0.15, 0.2) is 17.3 Å². The van der Waals surface area contributed by atoms with Crippen molar-refractivity contribution in [1.82, 2.24) is 39.5 Å². The predicted molar refractivity (Wildman–Crippen MR) is 153 cm³/mol. The highest BCUT2D eigenvalue weighted by Gasteiger charge is 2.29.